The van der Waals surface area contributed by atoms with Crippen LogP contribution in [0.15, 0.2) is 18.3 Å². The fraction of sp³-hybridized carbons (Fsp3) is 0.100. The summed E-state index contributed by atoms with van der Waals surface area (Å²) in [4.78, 5) is 3.80. The van der Waals surface area contributed by atoms with Gasteiger partial charge in [0.1, 0.15) is 11.9 Å². The number of halogens is 1. The number of pyridine rings is 1. The first kappa shape index (κ1) is 10.1. The van der Waals surface area contributed by atoms with E-state index in [9.17, 15) is 4.39 Å². The van der Waals surface area contributed by atoms with Gasteiger partial charge < -0.3 is 5.32 Å². The summed E-state index contributed by atoms with van der Waals surface area (Å²) in [6, 6.07) is 4.85. The largest absolute Gasteiger partial charge is 0.323 e. The van der Waals surface area contributed by atoms with Gasteiger partial charge in [0.05, 0.1) is 11.8 Å². The second-order valence-electron chi connectivity index (χ2n) is 3.22. The van der Waals surface area contributed by atoms with Gasteiger partial charge in [0.25, 0.3) is 0 Å². The van der Waals surface area contributed by atoms with Crippen molar-refractivity contribution in [1.82, 2.24) is 15.2 Å². The van der Waals surface area contributed by atoms with Crippen molar-refractivity contribution < 1.29 is 4.39 Å². The standard InChI is InChI=1S/C10H8FN5/c1-6-2-10(16-15-6)14-9-3-7(4-12)8(11)5-13-9/h2-3,5H,1H3,(H2,13,14,15,16). The van der Waals surface area contributed by atoms with E-state index in [1.54, 1.807) is 12.1 Å². The lowest BCUT2D eigenvalue weighted by Gasteiger charge is -2.01. The van der Waals surface area contributed by atoms with Gasteiger partial charge in [0, 0.05) is 17.8 Å². The van der Waals surface area contributed by atoms with E-state index in [1.807, 2.05) is 6.92 Å². The van der Waals surface area contributed by atoms with Crippen molar-refractivity contribution in [2.75, 3.05) is 5.32 Å². The predicted molar refractivity (Wildman–Crippen MR) is 55.5 cm³/mol. The van der Waals surface area contributed by atoms with Crippen LogP contribution in [0.25, 0.3) is 0 Å². The van der Waals surface area contributed by atoms with Gasteiger partial charge in [0.15, 0.2) is 11.6 Å². The molecule has 6 heteroatoms. The van der Waals surface area contributed by atoms with Crippen LogP contribution < -0.4 is 5.32 Å². The molecule has 0 atom stereocenters. The summed E-state index contributed by atoms with van der Waals surface area (Å²) in [5.41, 5.74) is 0.842. The zero-order valence-corrected chi connectivity index (χ0v) is 8.45. The number of nitrogens with one attached hydrogen (secondary N) is 2. The molecule has 0 spiro atoms. The Morgan fingerprint density at radius 2 is 2.25 bits per heavy atom. The van der Waals surface area contributed by atoms with Gasteiger partial charge in [-0.05, 0) is 6.92 Å². The smallest absolute Gasteiger partial charge is 0.159 e. The molecular formula is C10H8FN5. The Hall–Kier alpha value is -2.42. The van der Waals surface area contributed by atoms with Gasteiger partial charge in [-0.15, -0.1) is 0 Å². The van der Waals surface area contributed by atoms with Crippen LogP contribution in [-0.2, 0) is 0 Å². The predicted octanol–water partition coefficient (Wildman–Crippen LogP) is 1.87. The van der Waals surface area contributed by atoms with Gasteiger partial charge in [-0.1, -0.05) is 0 Å². The number of aromatic amines is 1. The maximum atomic E-state index is 13.0. The van der Waals surface area contributed by atoms with E-state index in [2.05, 4.69) is 20.5 Å². The van der Waals surface area contributed by atoms with Crippen LogP contribution in [0.5, 0.6) is 0 Å². The van der Waals surface area contributed by atoms with Gasteiger partial charge in [-0.25, -0.2) is 9.37 Å². The first-order chi connectivity index (χ1) is 7.69. The molecule has 0 fully saturated rings. The lowest BCUT2D eigenvalue weighted by Crippen LogP contribution is -1.96. The number of nitriles is 1. The molecule has 0 aliphatic heterocycles. The normalized spacial score (nSPS) is 9.81. The number of aryl methyl sites for hydroxylation is 1. The molecule has 0 amide bonds. The summed E-state index contributed by atoms with van der Waals surface area (Å²) in [6.45, 7) is 1.86. The van der Waals surface area contributed by atoms with Crippen LogP contribution in [0.2, 0.25) is 0 Å². The summed E-state index contributed by atoms with van der Waals surface area (Å²) in [7, 11) is 0. The van der Waals surface area contributed by atoms with Crippen molar-refractivity contribution in [1.29, 1.82) is 5.26 Å². The highest BCUT2D eigenvalue weighted by atomic mass is 19.1. The zero-order valence-electron chi connectivity index (χ0n) is 8.45. The van der Waals surface area contributed by atoms with Crippen LogP contribution in [0.4, 0.5) is 16.0 Å². The Labute approximate surface area is 90.9 Å². The molecular weight excluding hydrogens is 209 g/mol. The Bertz CT molecular complexity index is 555. The minimum Gasteiger partial charge on any atom is -0.323 e. The van der Waals surface area contributed by atoms with Crippen LogP contribution >= 0.6 is 0 Å². The first-order valence-electron chi connectivity index (χ1n) is 4.53. The third kappa shape index (κ3) is 1.98. The number of anilines is 2. The summed E-state index contributed by atoms with van der Waals surface area (Å²) in [5, 5.41) is 18.2. The molecule has 5 nitrogen and oxygen atoms in total. The lowest BCUT2D eigenvalue weighted by molar-refractivity contribution is 0.618. The van der Waals surface area contributed by atoms with E-state index < -0.39 is 5.82 Å². The van der Waals surface area contributed by atoms with Crippen molar-refractivity contribution in [3.63, 3.8) is 0 Å². The molecule has 2 rings (SSSR count). The monoisotopic (exact) mass is 217 g/mol. The average Bonchev–Trinajstić information content (AvgIpc) is 2.67. The summed E-state index contributed by atoms with van der Waals surface area (Å²) in [6.07, 6.45) is 1.00. The van der Waals surface area contributed by atoms with Gasteiger partial charge in [-0.2, -0.15) is 10.4 Å². The number of aromatic nitrogens is 3. The molecule has 0 aromatic carbocycles. The number of hydrogen-bond acceptors (Lipinski definition) is 4. The maximum absolute atomic E-state index is 13.0. The van der Waals surface area contributed by atoms with E-state index in [-0.39, 0.29) is 5.56 Å². The molecule has 0 radical (unpaired) electrons. The van der Waals surface area contributed by atoms with Crippen molar-refractivity contribution in [3.05, 3.63) is 35.4 Å². The fourth-order valence-corrected chi connectivity index (χ4v) is 1.21. The van der Waals surface area contributed by atoms with Crippen LogP contribution in [0, 0.1) is 24.1 Å². The van der Waals surface area contributed by atoms with E-state index in [4.69, 9.17) is 5.26 Å². The molecule has 0 saturated heterocycles. The van der Waals surface area contributed by atoms with E-state index in [0.717, 1.165) is 11.9 Å². The first-order valence-corrected chi connectivity index (χ1v) is 4.53. The molecule has 2 aromatic rings. The van der Waals surface area contributed by atoms with Crippen molar-refractivity contribution in [3.8, 4) is 6.07 Å². The van der Waals surface area contributed by atoms with Gasteiger partial charge in [0.2, 0.25) is 0 Å². The molecule has 0 aliphatic carbocycles. The molecule has 16 heavy (non-hydrogen) atoms. The molecule has 0 bridgehead atoms. The van der Waals surface area contributed by atoms with Crippen LogP contribution in [-0.4, -0.2) is 15.2 Å². The summed E-state index contributed by atoms with van der Waals surface area (Å²) in [5.74, 6) is 0.316. The second-order valence-corrected chi connectivity index (χ2v) is 3.22. The van der Waals surface area contributed by atoms with E-state index >= 15 is 0 Å². The van der Waals surface area contributed by atoms with Crippen molar-refractivity contribution in [2.45, 2.75) is 6.92 Å². The number of H-pyrrole nitrogens is 1. The molecule has 0 aliphatic rings. The minimum absolute atomic E-state index is 0.0512. The maximum Gasteiger partial charge on any atom is 0.159 e. The topological polar surface area (TPSA) is 77.4 Å². The summed E-state index contributed by atoms with van der Waals surface area (Å²) < 4.78 is 13.0. The van der Waals surface area contributed by atoms with Gasteiger partial charge >= 0.3 is 0 Å². The number of hydrogen-bond donors (Lipinski definition) is 2. The Morgan fingerprint density at radius 3 is 2.88 bits per heavy atom. The average molecular weight is 217 g/mol. The summed E-state index contributed by atoms with van der Waals surface area (Å²) >= 11 is 0. The molecule has 0 unspecified atom stereocenters. The third-order valence-corrected chi connectivity index (χ3v) is 1.94. The Morgan fingerprint density at radius 1 is 1.44 bits per heavy atom. The number of nitrogens with zero attached hydrogens (tertiary/aromatic N) is 3. The number of rotatable bonds is 2. The second kappa shape index (κ2) is 3.98. The third-order valence-electron chi connectivity index (χ3n) is 1.94. The lowest BCUT2D eigenvalue weighted by atomic mass is 10.3. The Balaban J connectivity index is 2.26. The highest BCUT2D eigenvalue weighted by Crippen LogP contribution is 2.15. The Kier molecular flexibility index (Phi) is 2.52. The SMILES string of the molecule is Cc1cc(Nc2cc(C#N)c(F)cn2)n[nH]1. The van der Waals surface area contributed by atoms with Crippen LogP contribution in [0.1, 0.15) is 11.3 Å². The zero-order chi connectivity index (χ0) is 11.5. The van der Waals surface area contributed by atoms with Crippen molar-refractivity contribution in [2.24, 2.45) is 0 Å². The minimum atomic E-state index is -0.633. The van der Waals surface area contributed by atoms with Crippen LogP contribution in [0.3, 0.4) is 0 Å². The fourth-order valence-electron chi connectivity index (χ4n) is 1.21. The quantitative estimate of drug-likeness (QED) is 0.804. The highest BCUT2D eigenvalue weighted by molar-refractivity contribution is 5.54. The molecule has 0 saturated carbocycles. The van der Waals surface area contributed by atoms with Gasteiger partial charge in [-0.3, -0.25) is 5.10 Å². The highest BCUT2D eigenvalue weighted by Gasteiger charge is 2.05. The molecule has 2 N–H and O–H groups in total. The molecule has 2 aromatic heterocycles. The van der Waals surface area contributed by atoms with Crippen molar-refractivity contribution >= 4 is 11.6 Å². The van der Waals surface area contributed by atoms with E-state index in [0.29, 0.717) is 11.6 Å². The van der Waals surface area contributed by atoms with E-state index in [1.165, 1.54) is 6.07 Å². The molecule has 2 heterocycles. The molecule has 80 valence electrons.